The van der Waals surface area contributed by atoms with E-state index in [-0.39, 0.29) is 5.91 Å². The zero-order valence-corrected chi connectivity index (χ0v) is 15.6. The Kier molecular flexibility index (Phi) is 6.46. The summed E-state index contributed by atoms with van der Waals surface area (Å²) in [7, 11) is -0.871. The number of hydrogen-bond donors (Lipinski definition) is 0. The predicted octanol–water partition coefficient (Wildman–Crippen LogP) is 4.90. The minimum atomic E-state index is -0.871. The molecule has 0 saturated carbocycles. The van der Waals surface area contributed by atoms with Crippen LogP contribution in [0.15, 0.2) is 63.9 Å². The quantitative estimate of drug-likeness (QED) is 0.774. The molecule has 0 N–H and O–H groups in total. The van der Waals surface area contributed by atoms with Crippen molar-refractivity contribution in [2.24, 2.45) is 9.78 Å². The van der Waals surface area contributed by atoms with Crippen molar-refractivity contribution >= 4 is 16.9 Å². The standard InChI is InChI=1S/C20H25NO2S/c1-16-10-12-18(13-11-16)24(21-19(22)20(2,3)4)23-15-14-17-8-6-5-7-9-17/h5-13H,14-15H2,1-4H3. The second kappa shape index (κ2) is 8.36. The first kappa shape index (κ1) is 18.6. The monoisotopic (exact) mass is 343 g/mol. The number of aryl methyl sites for hydroxylation is 1. The Morgan fingerprint density at radius 2 is 1.67 bits per heavy atom. The molecule has 128 valence electrons. The smallest absolute Gasteiger partial charge is 0.259 e. The maximum Gasteiger partial charge on any atom is 0.259 e. The summed E-state index contributed by atoms with van der Waals surface area (Å²) in [5.41, 5.74) is 1.89. The Balaban J connectivity index is 2.15. The van der Waals surface area contributed by atoms with Crippen LogP contribution in [0.2, 0.25) is 0 Å². The third-order valence-electron chi connectivity index (χ3n) is 3.46. The van der Waals surface area contributed by atoms with Gasteiger partial charge in [-0.25, -0.2) is 0 Å². The van der Waals surface area contributed by atoms with Gasteiger partial charge in [0.05, 0.1) is 17.6 Å². The molecular weight excluding hydrogens is 318 g/mol. The van der Waals surface area contributed by atoms with Crippen LogP contribution < -0.4 is 0 Å². The van der Waals surface area contributed by atoms with Gasteiger partial charge in [-0.2, -0.15) is 4.36 Å². The first-order valence-corrected chi connectivity index (χ1v) is 9.21. The van der Waals surface area contributed by atoms with E-state index >= 15 is 0 Å². The van der Waals surface area contributed by atoms with Gasteiger partial charge in [-0.1, -0.05) is 68.8 Å². The fourth-order valence-corrected chi connectivity index (χ4v) is 3.23. The van der Waals surface area contributed by atoms with Gasteiger partial charge in [0.2, 0.25) is 0 Å². The molecule has 0 bridgehead atoms. The molecule has 24 heavy (non-hydrogen) atoms. The number of nitrogens with zero attached hydrogens (tertiary/aromatic N) is 1. The van der Waals surface area contributed by atoms with Crippen LogP contribution in [0.4, 0.5) is 0 Å². The molecule has 0 radical (unpaired) electrons. The SMILES string of the molecule is Cc1ccc(S(=NC(=O)C(C)(C)C)OCCc2ccccc2)cc1. The fraction of sp³-hybridized carbons (Fsp3) is 0.350. The second-order valence-electron chi connectivity index (χ2n) is 6.77. The van der Waals surface area contributed by atoms with E-state index in [4.69, 9.17) is 4.18 Å². The largest absolute Gasteiger partial charge is 0.302 e. The lowest BCUT2D eigenvalue weighted by Gasteiger charge is -2.15. The summed E-state index contributed by atoms with van der Waals surface area (Å²) in [6.45, 7) is 8.19. The first-order chi connectivity index (χ1) is 11.4. The summed E-state index contributed by atoms with van der Waals surface area (Å²) in [6, 6.07) is 18.2. The van der Waals surface area contributed by atoms with Gasteiger partial charge in [0.25, 0.3) is 5.91 Å². The summed E-state index contributed by atoms with van der Waals surface area (Å²) in [5, 5.41) is 0. The van der Waals surface area contributed by atoms with E-state index in [1.165, 1.54) is 11.1 Å². The topological polar surface area (TPSA) is 38.7 Å². The third-order valence-corrected chi connectivity index (χ3v) is 4.86. The lowest BCUT2D eigenvalue weighted by molar-refractivity contribution is -0.124. The highest BCUT2D eigenvalue weighted by atomic mass is 32.2. The number of rotatable bonds is 5. The minimum absolute atomic E-state index is 0.133. The molecule has 0 fully saturated rings. The average Bonchev–Trinajstić information content (AvgIpc) is 2.54. The van der Waals surface area contributed by atoms with Crippen molar-refractivity contribution in [3.63, 3.8) is 0 Å². The maximum atomic E-state index is 12.3. The Morgan fingerprint density at radius 1 is 1.04 bits per heavy atom. The maximum absolute atomic E-state index is 12.3. The van der Waals surface area contributed by atoms with E-state index in [1.807, 2.05) is 70.2 Å². The molecule has 0 saturated heterocycles. The number of carbonyl (C=O) groups is 1. The van der Waals surface area contributed by atoms with Crippen LogP contribution in [0.1, 0.15) is 31.9 Å². The second-order valence-corrected chi connectivity index (χ2v) is 8.15. The molecule has 2 aromatic carbocycles. The molecular formula is C20H25NO2S. The highest BCUT2D eigenvalue weighted by Crippen LogP contribution is 2.19. The van der Waals surface area contributed by atoms with Crippen LogP contribution in [-0.4, -0.2) is 12.5 Å². The van der Waals surface area contributed by atoms with Gasteiger partial charge in [-0.05, 0) is 31.0 Å². The van der Waals surface area contributed by atoms with Crippen molar-refractivity contribution in [2.75, 3.05) is 6.61 Å². The molecule has 1 unspecified atom stereocenters. The highest BCUT2D eigenvalue weighted by molar-refractivity contribution is 7.83. The van der Waals surface area contributed by atoms with E-state index in [0.717, 1.165) is 11.3 Å². The molecule has 0 heterocycles. The van der Waals surface area contributed by atoms with Gasteiger partial charge in [-0.3, -0.25) is 4.79 Å². The molecule has 2 aromatic rings. The molecule has 1 amide bonds. The van der Waals surface area contributed by atoms with Crippen molar-refractivity contribution in [1.29, 1.82) is 0 Å². The number of carbonyl (C=O) groups excluding carboxylic acids is 1. The number of benzene rings is 2. The van der Waals surface area contributed by atoms with Gasteiger partial charge < -0.3 is 4.18 Å². The molecule has 0 aliphatic rings. The van der Waals surface area contributed by atoms with E-state index in [2.05, 4.69) is 16.5 Å². The Morgan fingerprint density at radius 3 is 2.25 bits per heavy atom. The molecule has 0 aliphatic heterocycles. The summed E-state index contributed by atoms with van der Waals surface area (Å²) in [4.78, 5) is 13.2. The zero-order valence-electron chi connectivity index (χ0n) is 14.8. The summed E-state index contributed by atoms with van der Waals surface area (Å²) in [6.07, 6.45) is 0.801. The van der Waals surface area contributed by atoms with Crippen molar-refractivity contribution < 1.29 is 8.98 Å². The summed E-state index contributed by atoms with van der Waals surface area (Å²) in [5.74, 6) is -0.133. The van der Waals surface area contributed by atoms with Gasteiger partial charge in [0.15, 0.2) is 0 Å². The fourth-order valence-electron chi connectivity index (χ4n) is 1.90. The lowest BCUT2D eigenvalue weighted by atomic mass is 9.96. The Labute approximate surface area is 147 Å². The molecule has 4 heteroatoms. The van der Waals surface area contributed by atoms with Crippen molar-refractivity contribution in [1.82, 2.24) is 0 Å². The van der Waals surface area contributed by atoms with E-state index in [0.29, 0.717) is 6.61 Å². The van der Waals surface area contributed by atoms with Crippen LogP contribution in [0, 0.1) is 12.3 Å². The van der Waals surface area contributed by atoms with E-state index in [9.17, 15) is 4.79 Å². The van der Waals surface area contributed by atoms with Crippen molar-refractivity contribution in [3.05, 3.63) is 65.7 Å². The summed E-state index contributed by atoms with van der Waals surface area (Å²) >= 11 is 0. The van der Waals surface area contributed by atoms with Crippen LogP contribution in [-0.2, 0) is 26.4 Å². The number of hydrogen-bond acceptors (Lipinski definition) is 2. The van der Waals surface area contributed by atoms with Crippen molar-refractivity contribution in [3.8, 4) is 0 Å². The average molecular weight is 343 g/mol. The molecule has 0 spiro atoms. The third kappa shape index (κ3) is 5.69. The van der Waals surface area contributed by atoms with Crippen LogP contribution in [0.5, 0.6) is 0 Å². The van der Waals surface area contributed by atoms with Gasteiger partial charge in [0.1, 0.15) is 0 Å². The van der Waals surface area contributed by atoms with Gasteiger partial charge >= 0.3 is 0 Å². The molecule has 0 aromatic heterocycles. The molecule has 1 atom stereocenters. The normalized spacial score (nSPS) is 13.0. The number of amides is 1. The highest BCUT2D eigenvalue weighted by Gasteiger charge is 2.22. The Bertz CT molecular complexity index is 701. The van der Waals surface area contributed by atoms with Crippen LogP contribution in [0.25, 0.3) is 0 Å². The van der Waals surface area contributed by atoms with E-state index in [1.54, 1.807) is 0 Å². The minimum Gasteiger partial charge on any atom is -0.302 e. The predicted molar refractivity (Wildman–Crippen MR) is 99.8 cm³/mol. The molecule has 2 rings (SSSR count). The molecule has 3 nitrogen and oxygen atoms in total. The first-order valence-electron chi connectivity index (χ1n) is 8.11. The van der Waals surface area contributed by atoms with Gasteiger partial charge in [0, 0.05) is 10.3 Å². The van der Waals surface area contributed by atoms with E-state index < -0.39 is 16.4 Å². The lowest BCUT2D eigenvalue weighted by Crippen LogP contribution is -2.19. The molecule has 0 aliphatic carbocycles. The Hall–Kier alpha value is -1.78. The summed E-state index contributed by atoms with van der Waals surface area (Å²) < 4.78 is 10.3. The zero-order chi connectivity index (χ0) is 17.6. The van der Waals surface area contributed by atoms with Crippen molar-refractivity contribution in [2.45, 2.75) is 39.0 Å². The van der Waals surface area contributed by atoms with Crippen LogP contribution >= 0.6 is 0 Å². The van der Waals surface area contributed by atoms with Crippen LogP contribution in [0.3, 0.4) is 0 Å². The van der Waals surface area contributed by atoms with Gasteiger partial charge in [-0.15, -0.1) is 0 Å².